The summed E-state index contributed by atoms with van der Waals surface area (Å²) < 4.78 is 14.2. The summed E-state index contributed by atoms with van der Waals surface area (Å²) in [6, 6.07) is 12.6. The molecule has 0 aliphatic heterocycles. The summed E-state index contributed by atoms with van der Waals surface area (Å²) in [6.07, 6.45) is 5.55. The molecule has 1 aromatic carbocycles. The molecule has 0 saturated heterocycles. The molecule has 0 aliphatic rings. The number of halogens is 1. The average Bonchev–Trinajstić information content (AvgIpc) is 2.88. The van der Waals surface area contributed by atoms with Gasteiger partial charge in [0.05, 0.1) is 12.0 Å². The van der Waals surface area contributed by atoms with Gasteiger partial charge >= 0.3 is 0 Å². The Morgan fingerprint density at radius 1 is 0.864 bits per heavy atom. The number of rotatable bonds is 0. The van der Waals surface area contributed by atoms with Crippen molar-refractivity contribution < 1.29 is 4.39 Å². The van der Waals surface area contributed by atoms with Gasteiger partial charge in [0, 0.05) is 25.1 Å². The highest BCUT2D eigenvalue weighted by molar-refractivity contribution is 5.14. The molecule has 2 aromatic heterocycles. The van der Waals surface area contributed by atoms with Gasteiger partial charge in [-0.05, 0) is 44.5 Å². The molecule has 0 aliphatic carbocycles. The van der Waals surface area contributed by atoms with Crippen LogP contribution in [0.1, 0.15) is 17.0 Å². The van der Waals surface area contributed by atoms with Crippen molar-refractivity contribution in [1.29, 1.82) is 0 Å². The molecule has 3 aromatic rings. The Morgan fingerprint density at radius 3 is 1.82 bits per heavy atom. The molecule has 22 heavy (non-hydrogen) atoms. The van der Waals surface area contributed by atoms with Crippen molar-refractivity contribution >= 4 is 0 Å². The van der Waals surface area contributed by atoms with Gasteiger partial charge in [0.1, 0.15) is 5.82 Å². The molecular formula is C18H22FN3. The summed E-state index contributed by atoms with van der Waals surface area (Å²) in [4.78, 5) is 7.96. The van der Waals surface area contributed by atoms with E-state index in [0.717, 1.165) is 11.4 Å². The highest BCUT2D eigenvalue weighted by Crippen LogP contribution is 2.02. The van der Waals surface area contributed by atoms with Crippen LogP contribution in [0, 0.1) is 26.6 Å². The molecule has 0 bridgehead atoms. The lowest BCUT2D eigenvalue weighted by Gasteiger charge is -1.89. The molecule has 116 valence electrons. The zero-order chi connectivity index (χ0) is 16.4. The smallest absolute Gasteiger partial charge is 0.126 e. The summed E-state index contributed by atoms with van der Waals surface area (Å²) in [5.41, 5.74) is 2.84. The van der Waals surface area contributed by atoms with E-state index in [1.54, 1.807) is 31.6 Å². The standard InChI is InChI=1S/C7H7F.C6H7N.C5H8N2/c1-6-4-2-3-5-7(6)8;1-6-4-2-3-5-7-6;1-5-3-7(2)4-6-5/h2-5H,1H3;2-5H,1H3;3-4H,1-2H3. The largest absolute Gasteiger partial charge is 0.340 e. The lowest BCUT2D eigenvalue weighted by Crippen LogP contribution is -1.76. The van der Waals surface area contributed by atoms with Gasteiger partial charge in [-0.2, -0.15) is 0 Å². The molecule has 0 N–H and O–H groups in total. The second-order valence-electron chi connectivity index (χ2n) is 4.90. The number of hydrogen-bond acceptors (Lipinski definition) is 2. The summed E-state index contributed by atoms with van der Waals surface area (Å²) >= 11 is 0. The second-order valence-corrected chi connectivity index (χ2v) is 4.90. The molecule has 3 rings (SSSR count). The molecule has 4 heteroatoms. The van der Waals surface area contributed by atoms with Crippen molar-refractivity contribution in [2.24, 2.45) is 7.05 Å². The summed E-state index contributed by atoms with van der Waals surface area (Å²) in [6.45, 7) is 5.69. The molecular weight excluding hydrogens is 277 g/mol. The van der Waals surface area contributed by atoms with E-state index >= 15 is 0 Å². The normalized spacial score (nSPS) is 9.14. The molecule has 0 radical (unpaired) electrons. The molecule has 0 fully saturated rings. The van der Waals surface area contributed by atoms with Crippen molar-refractivity contribution in [2.45, 2.75) is 20.8 Å². The van der Waals surface area contributed by atoms with Crippen LogP contribution in [0.5, 0.6) is 0 Å². The van der Waals surface area contributed by atoms with Gasteiger partial charge in [0.25, 0.3) is 0 Å². The third-order valence-corrected chi connectivity index (χ3v) is 2.72. The molecule has 0 saturated carbocycles. The number of benzene rings is 1. The third-order valence-electron chi connectivity index (χ3n) is 2.72. The van der Waals surface area contributed by atoms with Crippen LogP contribution in [-0.2, 0) is 7.05 Å². The van der Waals surface area contributed by atoms with E-state index in [-0.39, 0.29) is 5.82 Å². The Hall–Kier alpha value is -2.49. The number of imidazole rings is 1. The van der Waals surface area contributed by atoms with Gasteiger partial charge in [0.15, 0.2) is 0 Å². The molecule has 0 atom stereocenters. The lowest BCUT2D eigenvalue weighted by molar-refractivity contribution is 0.618. The van der Waals surface area contributed by atoms with Crippen LogP contribution in [0.15, 0.2) is 61.2 Å². The second kappa shape index (κ2) is 9.45. The first-order valence-electron chi connectivity index (χ1n) is 7.02. The monoisotopic (exact) mass is 299 g/mol. The fraction of sp³-hybridized carbons (Fsp3) is 0.222. The molecule has 0 unspecified atom stereocenters. The molecule has 3 nitrogen and oxygen atoms in total. The number of aromatic nitrogens is 3. The maximum absolute atomic E-state index is 12.3. The topological polar surface area (TPSA) is 30.7 Å². The Labute approximate surface area is 131 Å². The van der Waals surface area contributed by atoms with E-state index in [1.807, 2.05) is 55.9 Å². The molecule has 2 heterocycles. The van der Waals surface area contributed by atoms with Gasteiger partial charge in [-0.25, -0.2) is 9.37 Å². The van der Waals surface area contributed by atoms with Crippen molar-refractivity contribution in [3.63, 3.8) is 0 Å². The Kier molecular flexibility index (Phi) is 7.54. The first kappa shape index (κ1) is 17.6. The van der Waals surface area contributed by atoms with Crippen LogP contribution in [-0.4, -0.2) is 14.5 Å². The molecule has 0 amide bonds. The van der Waals surface area contributed by atoms with Crippen LogP contribution >= 0.6 is 0 Å². The minimum absolute atomic E-state index is 0.132. The van der Waals surface area contributed by atoms with Crippen molar-refractivity contribution in [3.05, 3.63) is 84.0 Å². The highest BCUT2D eigenvalue weighted by atomic mass is 19.1. The van der Waals surface area contributed by atoms with Crippen molar-refractivity contribution in [1.82, 2.24) is 14.5 Å². The van der Waals surface area contributed by atoms with E-state index < -0.39 is 0 Å². The van der Waals surface area contributed by atoms with Crippen LogP contribution in [0.4, 0.5) is 4.39 Å². The van der Waals surface area contributed by atoms with Crippen LogP contribution < -0.4 is 0 Å². The van der Waals surface area contributed by atoms with Gasteiger partial charge < -0.3 is 4.57 Å². The predicted octanol–water partition coefficient (Wildman–Crippen LogP) is 4.25. The molecule has 0 spiro atoms. The van der Waals surface area contributed by atoms with Crippen molar-refractivity contribution in [2.75, 3.05) is 0 Å². The van der Waals surface area contributed by atoms with E-state index in [1.165, 1.54) is 6.07 Å². The predicted molar refractivity (Wildman–Crippen MR) is 88.1 cm³/mol. The third kappa shape index (κ3) is 7.33. The zero-order valence-electron chi connectivity index (χ0n) is 13.5. The zero-order valence-corrected chi connectivity index (χ0v) is 13.5. The van der Waals surface area contributed by atoms with Crippen molar-refractivity contribution in [3.8, 4) is 0 Å². The van der Waals surface area contributed by atoms with E-state index in [2.05, 4.69) is 9.97 Å². The maximum Gasteiger partial charge on any atom is 0.126 e. The van der Waals surface area contributed by atoms with E-state index in [9.17, 15) is 4.39 Å². The van der Waals surface area contributed by atoms with E-state index in [0.29, 0.717) is 5.56 Å². The lowest BCUT2D eigenvalue weighted by atomic mass is 10.2. The van der Waals surface area contributed by atoms with Gasteiger partial charge in [0.2, 0.25) is 0 Å². The number of pyridine rings is 1. The summed E-state index contributed by atoms with van der Waals surface area (Å²) in [5.74, 6) is -0.132. The minimum atomic E-state index is -0.132. The maximum atomic E-state index is 12.3. The first-order chi connectivity index (χ1) is 10.5. The van der Waals surface area contributed by atoms with Crippen LogP contribution in [0.25, 0.3) is 0 Å². The van der Waals surface area contributed by atoms with Gasteiger partial charge in [-0.1, -0.05) is 24.3 Å². The number of hydrogen-bond donors (Lipinski definition) is 0. The fourth-order valence-corrected chi connectivity index (χ4v) is 1.54. The van der Waals surface area contributed by atoms with Gasteiger partial charge in [-0.3, -0.25) is 4.98 Å². The summed E-state index contributed by atoms with van der Waals surface area (Å²) in [5, 5.41) is 0. The number of nitrogens with zero attached hydrogens (tertiary/aromatic N) is 3. The Bertz CT molecular complexity index is 625. The fourth-order valence-electron chi connectivity index (χ4n) is 1.54. The highest BCUT2D eigenvalue weighted by Gasteiger charge is 1.88. The quantitative estimate of drug-likeness (QED) is 0.621. The van der Waals surface area contributed by atoms with Crippen LogP contribution in [0.3, 0.4) is 0 Å². The minimum Gasteiger partial charge on any atom is -0.340 e. The van der Waals surface area contributed by atoms with E-state index in [4.69, 9.17) is 0 Å². The Morgan fingerprint density at radius 2 is 1.55 bits per heavy atom. The number of aryl methyl sites for hydroxylation is 4. The average molecular weight is 299 g/mol. The Balaban J connectivity index is 0.000000166. The summed E-state index contributed by atoms with van der Waals surface area (Å²) in [7, 11) is 1.96. The first-order valence-corrected chi connectivity index (χ1v) is 7.02. The SMILES string of the molecule is Cc1ccccc1F.Cc1ccccn1.Cc1cn(C)cn1. The van der Waals surface area contributed by atoms with Gasteiger partial charge in [-0.15, -0.1) is 0 Å². The van der Waals surface area contributed by atoms with Crippen LogP contribution in [0.2, 0.25) is 0 Å².